The van der Waals surface area contributed by atoms with Crippen molar-refractivity contribution in [2.45, 2.75) is 63.7 Å². The normalized spacial score (nSPS) is 25.6. The maximum Gasteiger partial charge on any atom is 0.123 e. The molecule has 0 amide bonds. The van der Waals surface area contributed by atoms with Crippen molar-refractivity contribution in [3.8, 4) is 5.75 Å². The molecule has 3 rings (SSSR count). The summed E-state index contributed by atoms with van der Waals surface area (Å²) in [5.74, 6) is 1.07. The van der Waals surface area contributed by atoms with E-state index in [-0.39, 0.29) is 6.10 Å². The molecule has 1 fully saturated rings. The Balaban J connectivity index is 1.50. The number of fused-ring (bicyclic) bond motifs is 1. The molecule has 1 aromatic rings. The van der Waals surface area contributed by atoms with Crippen LogP contribution >= 0.6 is 0 Å². The fourth-order valence-corrected chi connectivity index (χ4v) is 3.55. The summed E-state index contributed by atoms with van der Waals surface area (Å²) in [7, 11) is 0. The third-order valence-electron chi connectivity index (χ3n) is 4.65. The SMILES string of the molecule is CCNC(CCCC1CCCO1)C1Cc2ccccc2O1. The van der Waals surface area contributed by atoms with Gasteiger partial charge in [-0.2, -0.15) is 0 Å². The molecule has 0 spiro atoms. The number of likely N-dealkylation sites (N-methyl/N-ethyl adjacent to an activating group) is 1. The highest BCUT2D eigenvalue weighted by atomic mass is 16.5. The largest absolute Gasteiger partial charge is 0.488 e. The van der Waals surface area contributed by atoms with E-state index >= 15 is 0 Å². The maximum absolute atomic E-state index is 6.15. The summed E-state index contributed by atoms with van der Waals surface area (Å²) in [4.78, 5) is 0. The van der Waals surface area contributed by atoms with Crippen LogP contribution in [0.4, 0.5) is 0 Å². The van der Waals surface area contributed by atoms with E-state index in [9.17, 15) is 0 Å². The van der Waals surface area contributed by atoms with Crippen LogP contribution in [-0.4, -0.2) is 31.4 Å². The predicted octanol–water partition coefficient (Wildman–Crippen LogP) is 3.32. The topological polar surface area (TPSA) is 30.5 Å². The molecule has 2 aliphatic heterocycles. The summed E-state index contributed by atoms with van der Waals surface area (Å²) >= 11 is 0. The lowest BCUT2D eigenvalue weighted by Crippen LogP contribution is -2.42. The van der Waals surface area contributed by atoms with Gasteiger partial charge < -0.3 is 14.8 Å². The number of rotatable bonds is 7. The average Bonchev–Trinajstić information content (AvgIpc) is 3.15. The van der Waals surface area contributed by atoms with Crippen LogP contribution in [0, 0.1) is 0 Å². The first kappa shape index (κ1) is 14.9. The highest BCUT2D eigenvalue weighted by molar-refractivity contribution is 5.37. The smallest absolute Gasteiger partial charge is 0.123 e. The average molecular weight is 289 g/mol. The van der Waals surface area contributed by atoms with E-state index in [2.05, 4.69) is 36.5 Å². The molecule has 2 heterocycles. The number of para-hydroxylation sites is 1. The molecule has 21 heavy (non-hydrogen) atoms. The summed E-state index contributed by atoms with van der Waals surface area (Å²) in [5.41, 5.74) is 1.35. The van der Waals surface area contributed by atoms with Gasteiger partial charge in [0, 0.05) is 19.1 Å². The van der Waals surface area contributed by atoms with Gasteiger partial charge in [0.05, 0.1) is 6.10 Å². The summed E-state index contributed by atoms with van der Waals surface area (Å²) in [5, 5.41) is 3.62. The summed E-state index contributed by atoms with van der Waals surface area (Å²) in [6, 6.07) is 8.88. The molecule has 0 radical (unpaired) electrons. The van der Waals surface area contributed by atoms with Crippen LogP contribution < -0.4 is 10.1 Å². The molecule has 1 N–H and O–H groups in total. The van der Waals surface area contributed by atoms with Gasteiger partial charge in [0.25, 0.3) is 0 Å². The van der Waals surface area contributed by atoms with Crippen molar-refractivity contribution < 1.29 is 9.47 Å². The van der Waals surface area contributed by atoms with Crippen LogP contribution in [0.15, 0.2) is 24.3 Å². The Morgan fingerprint density at radius 1 is 1.33 bits per heavy atom. The Kier molecular flexibility index (Phi) is 5.15. The molecule has 3 nitrogen and oxygen atoms in total. The van der Waals surface area contributed by atoms with Crippen LogP contribution in [-0.2, 0) is 11.2 Å². The number of hydrogen-bond donors (Lipinski definition) is 1. The zero-order valence-corrected chi connectivity index (χ0v) is 13.0. The minimum absolute atomic E-state index is 0.284. The van der Waals surface area contributed by atoms with Gasteiger partial charge in [-0.25, -0.2) is 0 Å². The molecule has 1 saturated heterocycles. The van der Waals surface area contributed by atoms with Gasteiger partial charge in [-0.05, 0) is 50.3 Å². The van der Waals surface area contributed by atoms with Gasteiger partial charge in [-0.1, -0.05) is 25.1 Å². The van der Waals surface area contributed by atoms with Crippen LogP contribution in [0.1, 0.15) is 44.6 Å². The molecule has 0 bridgehead atoms. The molecule has 116 valence electrons. The second-order valence-electron chi connectivity index (χ2n) is 6.20. The van der Waals surface area contributed by atoms with Crippen molar-refractivity contribution in [2.24, 2.45) is 0 Å². The van der Waals surface area contributed by atoms with E-state index in [1.807, 2.05) is 0 Å². The third-order valence-corrected chi connectivity index (χ3v) is 4.65. The number of benzene rings is 1. The number of ether oxygens (including phenoxy) is 2. The Bertz CT molecular complexity index is 418. The van der Waals surface area contributed by atoms with Crippen molar-refractivity contribution in [1.29, 1.82) is 0 Å². The monoisotopic (exact) mass is 289 g/mol. The van der Waals surface area contributed by atoms with Gasteiger partial charge in [0.2, 0.25) is 0 Å². The lowest BCUT2D eigenvalue weighted by atomic mass is 9.98. The van der Waals surface area contributed by atoms with Gasteiger partial charge in [0.15, 0.2) is 0 Å². The molecular formula is C18H27NO2. The fourth-order valence-electron chi connectivity index (χ4n) is 3.55. The standard InChI is InChI=1S/C18H27NO2/c1-2-19-16(10-5-8-15-9-6-12-20-15)18-13-14-7-3-4-11-17(14)21-18/h3-4,7,11,15-16,18-19H,2,5-6,8-10,12-13H2,1H3. The molecule has 2 aliphatic rings. The second-order valence-corrected chi connectivity index (χ2v) is 6.20. The van der Waals surface area contributed by atoms with Crippen molar-refractivity contribution in [3.63, 3.8) is 0 Å². The lowest BCUT2D eigenvalue weighted by Gasteiger charge is -2.24. The van der Waals surface area contributed by atoms with Crippen molar-refractivity contribution >= 4 is 0 Å². The Morgan fingerprint density at radius 3 is 3.00 bits per heavy atom. The summed E-state index contributed by atoms with van der Waals surface area (Å²) in [6.07, 6.45) is 7.90. The van der Waals surface area contributed by atoms with Gasteiger partial charge >= 0.3 is 0 Å². The Hall–Kier alpha value is -1.06. The second kappa shape index (κ2) is 7.28. The third kappa shape index (κ3) is 3.78. The lowest BCUT2D eigenvalue weighted by molar-refractivity contribution is 0.0982. The molecule has 3 atom stereocenters. The molecule has 1 aromatic carbocycles. The van der Waals surface area contributed by atoms with Gasteiger partial charge in [-0.15, -0.1) is 0 Å². The van der Waals surface area contributed by atoms with Crippen molar-refractivity contribution in [1.82, 2.24) is 5.32 Å². The molecular weight excluding hydrogens is 262 g/mol. The van der Waals surface area contributed by atoms with Crippen LogP contribution in [0.5, 0.6) is 5.75 Å². The van der Waals surface area contributed by atoms with E-state index in [0.29, 0.717) is 12.1 Å². The van der Waals surface area contributed by atoms with Crippen molar-refractivity contribution in [3.05, 3.63) is 29.8 Å². The predicted molar refractivity (Wildman–Crippen MR) is 84.9 cm³/mol. The molecule has 0 saturated carbocycles. The van der Waals surface area contributed by atoms with E-state index in [4.69, 9.17) is 9.47 Å². The van der Waals surface area contributed by atoms with E-state index < -0.39 is 0 Å². The zero-order chi connectivity index (χ0) is 14.5. The highest BCUT2D eigenvalue weighted by Crippen LogP contribution is 2.30. The van der Waals surface area contributed by atoms with Gasteiger partial charge in [0.1, 0.15) is 11.9 Å². The highest BCUT2D eigenvalue weighted by Gasteiger charge is 2.29. The zero-order valence-electron chi connectivity index (χ0n) is 13.0. The Morgan fingerprint density at radius 2 is 2.24 bits per heavy atom. The number of nitrogens with one attached hydrogen (secondary N) is 1. The minimum atomic E-state index is 0.284. The maximum atomic E-state index is 6.15. The van der Waals surface area contributed by atoms with Crippen LogP contribution in [0.3, 0.4) is 0 Å². The van der Waals surface area contributed by atoms with E-state index in [1.54, 1.807) is 0 Å². The fraction of sp³-hybridized carbons (Fsp3) is 0.667. The summed E-state index contributed by atoms with van der Waals surface area (Å²) in [6.45, 7) is 4.14. The number of hydrogen-bond acceptors (Lipinski definition) is 3. The van der Waals surface area contributed by atoms with E-state index in [1.165, 1.54) is 37.7 Å². The van der Waals surface area contributed by atoms with E-state index in [0.717, 1.165) is 25.3 Å². The Labute approximate surface area is 128 Å². The summed E-state index contributed by atoms with van der Waals surface area (Å²) < 4.78 is 11.9. The van der Waals surface area contributed by atoms with Crippen LogP contribution in [0.25, 0.3) is 0 Å². The first-order valence-electron chi connectivity index (χ1n) is 8.46. The minimum Gasteiger partial charge on any atom is -0.488 e. The van der Waals surface area contributed by atoms with Crippen molar-refractivity contribution in [2.75, 3.05) is 13.2 Å². The molecule has 3 heteroatoms. The van der Waals surface area contributed by atoms with Gasteiger partial charge in [-0.3, -0.25) is 0 Å². The first-order chi connectivity index (χ1) is 10.4. The molecule has 0 aliphatic carbocycles. The quantitative estimate of drug-likeness (QED) is 0.835. The first-order valence-corrected chi connectivity index (χ1v) is 8.46. The molecule has 3 unspecified atom stereocenters. The molecule has 0 aromatic heterocycles. The van der Waals surface area contributed by atoms with Crippen LogP contribution in [0.2, 0.25) is 0 Å².